The zero-order valence-electron chi connectivity index (χ0n) is 11.8. The van der Waals surface area contributed by atoms with Crippen molar-refractivity contribution in [3.63, 3.8) is 0 Å². The molecule has 0 aliphatic carbocycles. The van der Waals surface area contributed by atoms with Gasteiger partial charge in [0.2, 0.25) is 0 Å². The van der Waals surface area contributed by atoms with Crippen molar-refractivity contribution in [1.29, 1.82) is 0 Å². The van der Waals surface area contributed by atoms with Gasteiger partial charge in [-0.05, 0) is 32.0 Å². The van der Waals surface area contributed by atoms with Crippen LogP contribution >= 0.6 is 0 Å². The van der Waals surface area contributed by atoms with E-state index in [4.69, 9.17) is 10.5 Å². The summed E-state index contributed by atoms with van der Waals surface area (Å²) in [5, 5.41) is 2.12. The van der Waals surface area contributed by atoms with Gasteiger partial charge in [0.25, 0.3) is 0 Å². The number of ether oxygens (including phenoxy) is 1. The smallest absolute Gasteiger partial charge is 0.0644 e. The summed E-state index contributed by atoms with van der Waals surface area (Å²) in [4.78, 5) is 6.32. The highest BCUT2D eigenvalue weighted by Gasteiger charge is 2.08. The predicted molar refractivity (Wildman–Crippen MR) is 80.5 cm³/mol. The van der Waals surface area contributed by atoms with E-state index in [2.05, 4.69) is 16.9 Å². The molecule has 2 rings (SSSR count). The van der Waals surface area contributed by atoms with Gasteiger partial charge in [-0.15, -0.1) is 0 Å². The van der Waals surface area contributed by atoms with Crippen molar-refractivity contribution in [2.45, 2.75) is 20.0 Å². The molecule has 1 heterocycles. The molecule has 4 heteroatoms. The number of hydrogen-bond acceptors (Lipinski definition) is 4. The van der Waals surface area contributed by atoms with Crippen LogP contribution in [0.2, 0.25) is 0 Å². The van der Waals surface area contributed by atoms with Gasteiger partial charge in [0, 0.05) is 48.1 Å². The molecular weight excluding hydrogens is 238 g/mol. The van der Waals surface area contributed by atoms with E-state index in [-0.39, 0.29) is 6.10 Å². The molecule has 1 aromatic heterocycles. The molecule has 19 heavy (non-hydrogen) atoms. The van der Waals surface area contributed by atoms with E-state index < -0.39 is 0 Å². The molecule has 0 amide bonds. The molecule has 0 atom stereocenters. The summed E-state index contributed by atoms with van der Waals surface area (Å²) < 4.78 is 5.59. The molecule has 0 spiro atoms. The van der Waals surface area contributed by atoms with Crippen LogP contribution in [-0.4, -0.2) is 31.3 Å². The molecule has 0 bridgehead atoms. The number of nitrogen functional groups attached to an aromatic ring is 1. The summed E-state index contributed by atoms with van der Waals surface area (Å²) in [6.45, 7) is 5.65. The number of likely N-dealkylation sites (N-methyl/N-ethyl adjacent to an activating group) is 1. The van der Waals surface area contributed by atoms with Crippen molar-refractivity contribution >= 4 is 22.1 Å². The maximum atomic E-state index is 5.98. The molecule has 0 aliphatic rings. The fourth-order valence-corrected chi connectivity index (χ4v) is 2.07. The highest BCUT2D eigenvalue weighted by Crippen LogP contribution is 2.29. The molecular formula is C15H21N3O. The molecule has 102 valence electrons. The first-order valence-corrected chi connectivity index (χ1v) is 6.54. The van der Waals surface area contributed by atoms with E-state index in [1.54, 1.807) is 6.20 Å². The maximum absolute atomic E-state index is 5.98. The highest BCUT2D eigenvalue weighted by molar-refractivity contribution is 6.00. The van der Waals surface area contributed by atoms with Crippen LogP contribution in [0.4, 0.5) is 11.4 Å². The number of nitrogens with zero attached hydrogens (tertiary/aromatic N) is 2. The minimum absolute atomic E-state index is 0.265. The number of nitrogens with two attached hydrogens (primary N) is 1. The Morgan fingerprint density at radius 1 is 1.26 bits per heavy atom. The van der Waals surface area contributed by atoms with Crippen molar-refractivity contribution < 1.29 is 4.74 Å². The van der Waals surface area contributed by atoms with Crippen LogP contribution < -0.4 is 10.6 Å². The first-order valence-electron chi connectivity index (χ1n) is 6.54. The number of aromatic nitrogens is 1. The van der Waals surface area contributed by atoms with Crippen LogP contribution in [-0.2, 0) is 4.74 Å². The average Bonchev–Trinajstić information content (AvgIpc) is 2.39. The Morgan fingerprint density at radius 2 is 2.05 bits per heavy atom. The van der Waals surface area contributed by atoms with Crippen LogP contribution in [0.1, 0.15) is 13.8 Å². The summed E-state index contributed by atoms with van der Waals surface area (Å²) >= 11 is 0. The lowest BCUT2D eigenvalue weighted by atomic mass is 10.1. The molecule has 0 saturated carbocycles. The zero-order chi connectivity index (χ0) is 13.8. The van der Waals surface area contributed by atoms with Gasteiger partial charge in [0.15, 0.2) is 0 Å². The topological polar surface area (TPSA) is 51.4 Å². The van der Waals surface area contributed by atoms with Crippen LogP contribution in [0.25, 0.3) is 10.8 Å². The summed E-state index contributed by atoms with van der Waals surface area (Å²) in [6.07, 6.45) is 3.87. The number of hydrogen-bond donors (Lipinski definition) is 1. The van der Waals surface area contributed by atoms with Gasteiger partial charge in [-0.3, -0.25) is 4.98 Å². The standard InChI is InChI=1S/C15H21N3O/c1-11(2)19-9-8-18(3)15-5-4-14(16)13-10-17-7-6-12(13)15/h4-7,10-11H,8-9,16H2,1-3H3. The first kappa shape index (κ1) is 13.6. The molecule has 0 unspecified atom stereocenters. The summed E-state index contributed by atoms with van der Waals surface area (Å²) in [6, 6.07) is 5.98. The second-order valence-corrected chi connectivity index (χ2v) is 4.94. The first-order chi connectivity index (χ1) is 9.09. The fraction of sp³-hybridized carbons (Fsp3) is 0.400. The molecule has 2 aromatic rings. The highest BCUT2D eigenvalue weighted by atomic mass is 16.5. The number of pyridine rings is 1. The van der Waals surface area contributed by atoms with Crippen molar-refractivity contribution in [2.75, 3.05) is 30.8 Å². The Labute approximate surface area is 114 Å². The van der Waals surface area contributed by atoms with Crippen molar-refractivity contribution in [3.05, 3.63) is 30.6 Å². The molecule has 4 nitrogen and oxygen atoms in total. The van der Waals surface area contributed by atoms with Crippen LogP contribution in [0.15, 0.2) is 30.6 Å². The monoisotopic (exact) mass is 259 g/mol. The lowest BCUT2D eigenvalue weighted by Crippen LogP contribution is -2.24. The predicted octanol–water partition coefficient (Wildman–Crippen LogP) is 2.68. The molecule has 0 fully saturated rings. The van der Waals surface area contributed by atoms with Gasteiger partial charge in [-0.1, -0.05) is 0 Å². The van der Waals surface area contributed by atoms with Crippen LogP contribution in [0, 0.1) is 0 Å². The molecule has 2 N–H and O–H groups in total. The Balaban J connectivity index is 2.22. The summed E-state index contributed by atoms with van der Waals surface area (Å²) in [7, 11) is 2.06. The van der Waals surface area contributed by atoms with E-state index in [1.165, 1.54) is 0 Å². The molecule has 0 aliphatic heterocycles. The Kier molecular flexibility index (Phi) is 4.22. The van der Waals surface area contributed by atoms with Crippen molar-refractivity contribution in [3.8, 4) is 0 Å². The molecule has 0 saturated heterocycles. The summed E-state index contributed by atoms with van der Waals surface area (Å²) in [5.74, 6) is 0. The van der Waals surface area contributed by atoms with Crippen LogP contribution in [0.5, 0.6) is 0 Å². The number of fused-ring (bicyclic) bond motifs is 1. The van der Waals surface area contributed by atoms with Crippen LogP contribution in [0.3, 0.4) is 0 Å². The van der Waals surface area contributed by atoms with Gasteiger partial charge >= 0.3 is 0 Å². The van der Waals surface area contributed by atoms with Gasteiger partial charge in [-0.2, -0.15) is 0 Å². The third kappa shape index (κ3) is 3.15. The Morgan fingerprint density at radius 3 is 2.79 bits per heavy atom. The normalized spacial score (nSPS) is 11.2. The summed E-state index contributed by atoms with van der Waals surface area (Å²) in [5.41, 5.74) is 7.90. The average molecular weight is 259 g/mol. The fourth-order valence-electron chi connectivity index (χ4n) is 2.07. The van der Waals surface area contributed by atoms with E-state index in [0.29, 0.717) is 6.61 Å². The lowest BCUT2D eigenvalue weighted by molar-refractivity contribution is 0.0846. The quantitative estimate of drug-likeness (QED) is 0.839. The third-order valence-electron chi connectivity index (χ3n) is 3.12. The maximum Gasteiger partial charge on any atom is 0.0644 e. The van der Waals surface area contributed by atoms with Crippen molar-refractivity contribution in [2.24, 2.45) is 0 Å². The molecule has 1 aromatic carbocycles. The van der Waals surface area contributed by atoms with Gasteiger partial charge in [-0.25, -0.2) is 0 Å². The minimum atomic E-state index is 0.265. The van der Waals surface area contributed by atoms with E-state index in [1.807, 2.05) is 38.2 Å². The largest absolute Gasteiger partial charge is 0.398 e. The van der Waals surface area contributed by atoms with E-state index in [9.17, 15) is 0 Å². The van der Waals surface area contributed by atoms with Gasteiger partial charge in [0.1, 0.15) is 0 Å². The number of benzene rings is 1. The lowest BCUT2D eigenvalue weighted by Gasteiger charge is -2.22. The Bertz CT molecular complexity index is 554. The SMILES string of the molecule is CC(C)OCCN(C)c1ccc(N)c2cnccc12. The Hall–Kier alpha value is -1.81. The van der Waals surface area contributed by atoms with E-state index >= 15 is 0 Å². The second-order valence-electron chi connectivity index (χ2n) is 4.94. The van der Waals surface area contributed by atoms with Gasteiger partial charge < -0.3 is 15.4 Å². The third-order valence-corrected chi connectivity index (χ3v) is 3.12. The van der Waals surface area contributed by atoms with E-state index in [0.717, 1.165) is 28.7 Å². The molecule has 0 radical (unpaired) electrons. The zero-order valence-corrected chi connectivity index (χ0v) is 11.8. The number of rotatable bonds is 5. The second kappa shape index (κ2) is 5.89. The van der Waals surface area contributed by atoms with Gasteiger partial charge in [0.05, 0.1) is 12.7 Å². The number of anilines is 2. The van der Waals surface area contributed by atoms with Crippen molar-refractivity contribution in [1.82, 2.24) is 4.98 Å². The minimum Gasteiger partial charge on any atom is -0.398 e.